The van der Waals surface area contributed by atoms with Gasteiger partial charge in [-0.3, -0.25) is 14.4 Å². The summed E-state index contributed by atoms with van der Waals surface area (Å²) in [5.41, 5.74) is -1.77. The summed E-state index contributed by atoms with van der Waals surface area (Å²) in [7, 11) is 1.58. The molecule has 3 amide bonds. The summed E-state index contributed by atoms with van der Waals surface area (Å²) in [5, 5.41) is 16.0. The number of ether oxygens (including phenoxy) is 1. The van der Waals surface area contributed by atoms with Crippen molar-refractivity contribution >= 4 is 17.7 Å². The topological polar surface area (TPSA) is 108 Å². The predicted octanol–water partition coefficient (Wildman–Crippen LogP) is 1.60. The molecule has 0 saturated carbocycles. The second-order valence-corrected chi connectivity index (χ2v) is 10.4. The predicted molar refractivity (Wildman–Crippen MR) is 121 cm³/mol. The third-order valence-corrected chi connectivity index (χ3v) is 7.85. The zero-order valence-corrected chi connectivity index (χ0v) is 20.4. The number of hydrogen-bond acceptors (Lipinski definition) is 5. The van der Waals surface area contributed by atoms with Gasteiger partial charge in [0.05, 0.1) is 30.1 Å². The summed E-state index contributed by atoms with van der Waals surface area (Å²) in [6.45, 7) is 9.83. The molecule has 0 aliphatic carbocycles. The Morgan fingerprint density at radius 3 is 2.44 bits per heavy atom. The highest BCUT2D eigenvalue weighted by Gasteiger charge is 2.79. The van der Waals surface area contributed by atoms with Crippen LogP contribution in [0.4, 0.5) is 0 Å². The van der Waals surface area contributed by atoms with Gasteiger partial charge in [0.15, 0.2) is 0 Å². The number of carbonyl (C=O) groups is 3. The van der Waals surface area contributed by atoms with E-state index >= 15 is 0 Å². The van der Waals surface area contributed by atoms with Crippen LogP contribution in [0.1, 0.15) is 73.1 Å². The molecule has 0 aromatic heterocycles. The van der Waals surface area contributed by atoms with E-state index in [0.29, 0.717) is 25.7 Å². The van der Waals surface area contributed by atoms with Gasteiger partial charge in [0.1, 0.15) is 11.6 Å². The first-order valence-corrected chi connectivity index (χ1v) is 12.3. The van der Waals surface area contributed by atoms with Gasteiger partial charge in [0, 0.05) is 13.1 Å². The van der Waals surface area contributed by atoms with Crippen molar-refractivity contribution in [2.45, 2.75) is 102 Å². The van der Waals surface area contributed by atoms with Crippen molar-refractivity contribution in [1.82, 2.24) is 15.5 Å². The van der Waals surface area contributed by atoms with Gasteiger partial charge < -0.3 is 25.4 Å². The van der Waals surface area contributed by atoms with E-state index in [1.807, 2.05) is 27.7 Å². The van der Waals surface area contributed by atoms with E-state index in [4.69, 9.17) is 4.74 Å². The number of likely N-dealkylation sites (tertiary alicyclic amines) is 1. The first-order chi connectivity index (χ1) is 15.1. The highest BCUT2D eigenvalue weighted by molar-refractivity contribution is 5.99. The third kappa shape index (κ3) is 3.73. The number of carbonyl (C=O) groups excluding carboxylic acids is 3. The van der Waals surface area contributed by atoms with Gasteiger partial charge in [0.2, 0.25) is 17.7 Å². The van der Waals surface area contributed by atoms with Gasteiger partial charge in [-0.1, -0.05) is 34.1 Å². The molecule has 3 heterocycles. The molecule has 0 radical (unpaired) electrons. The lowest BCUT2D eigenvalue weighted by atomic mass is 9.65. The molecule has 2 bridgehead atoms. The minimum atomic E-state index is -1.04. The van der Waals surface area contributed by atoms with E-state index in [2.05, 4.69) is 17.6 Å². The Morgan fingerprint density at radius 2 is 1.91 bits per heavy atom. The molecule has 32 heavy (non-hydrogen) atoms. The molecule has 182 valence electrons. The number of aliphatic hydroxyl groups excluding tert-OH is 1. The second kappa shape index (κ2) is 9.29. The van der Waals surface area contributed by atoms with Crippen LogP contribution in [0.25, 0.3) is 0 Å². The number of nitrogens with zero attached hydrogens (tertiary/aromatic N) is 1. The zero-order valence-electron chi connectivity index (χ0n) is 20.4. The monoisotopic (exact) mass is 451 g/mol. The zero-order chi connectivity index (χ0) is 23.8. The Morgan fingerprint density at radius 1 is 1.22 bits per heavy atom. The van der Waals surface area contributed by atoms with Crippen molar-refractivity contribution in [2.24, 2.45) is 17.8 Å². The molecule has 0 aromatic carbocycles. The number of fused-ring (bicyclic) bond motifs is 1. The SMILES string of the molecule is CCCC(C)NC(=O)C1N([C@@H](CO)CC(C)C)C(=O)[C@@H]2[C@H](C(=O)NC)[C@]3(CC)CCC12O3. The Kier molecular flexibility index (Phi) is 7.25. The van der Waals surface area contributed by atoms with Gasteiger partial charge in [-0.05, 0) is 44.9 Å². The van der Waals surface area contributed by atoms with Crippen LogP contribution in [0.2, 0.25) is 0 Å². The summed E-state index contributed by atoms with van der Waals surface area (Å²) in [6, 6.07) is -1.38. The molecule has 3 aliphatic rings. The molecule has 3 fully saturated rings. The molecule has 8 heteroatoms. The van der Waals surface area contributed by atoms with E-state index < -0.39 is 35.1 Å². The van der Waals surface area contributed by atoms with Crippen LogP contribution in [0.3, 0.4) is 0 Å². The Bertz CT molecular complexity index is 743. The fourth-order valence-corrected chi connectivity index (χ4v) is 6.55. The lowest BCUT2D eigenvalue weighted by molar-refractivity contribution is -0.151. The number of rotatable bonds is 10. The number of amides is 3. The summed E-state index contributed by atoms with van der Waals surface area (Å²) in [6.07, 6.45) is 4.14. The van der Waals surface area contributed by atoms with Crippen LogP contribution in [0.5, 0.6) is 0 Å². The van der Waals surface area contributed by atoms with Gasteiger partial charge >= 0.3 is 0 Å². The van der Waals surface area contributed by atoms with Crippen LogP contribution in [0.15, 0.2) is 0 Å². The molecule has 3 saturated heterocycles. The number of aliphatic hydroxyl groups is 1. The van der Waals surface area contributed by atoms with E-state index in [-0.39, 0.29) is 36.3 Å². The minimum absolute atomic E-state index is 0.0361. The third-order valence-electron chi connectivity index (χ3n) is 7.85. The smallest absolute Gasteiger partial charge is 0.246 e. The summed E-state index contributed by atoms with van der Waals surface area (Å²) in [4.78, 5) is 42.2. The largest absolute Gasteiger partial charge is 0.394 e. The first-order valence-electron chi connectivity index (χ1n) is 12.3. The van der Waals surface area contributed by atoms with Crippen molar-refractivity contribution in [1.29, 1.82) is 0 Å². The normalized spacial score (nSPS) is 35.2. The average Bonchev–Trinajstić information content (AvgIpc) is 3.35. The van der Waals surface area contributed by atoms with Crippen molar-refractivity contribution in [2.75, 3.05) is 13.7 Å². The lowest BCUT2D eigenvalue weighted by Gasteiger charge is -2.38. The Hall–Kier alpha value is -1.67. The van der Waals surface area contributed by atoms with E-state index in [1.54, 1.807) is 11.9 Å². The molecular formula is C24H41N3O5. The molecule has 1 spiro atoms. The molecule has 7 atom stereocenters. The maximum absolute atomic E-state index is 13.9. The fraction of sp³-hybridized carbons (Fsp3) is 0.875. The van der Waals surface area contributed by atoms with Gasteiger partial charge in [-0.2, -0.15) is 0 Å². The number of hydrogen-bond donors (Lipinski definition) is 3. The molecule has 8 nitrogen and oxygen atoms in total. The lowest BCUT2D eigenvalue weighted by Crippen LogP contribution is -2.59. The molecule has 0 aromatic rings. The van der Waals surface area contributed by atoms with Crippen molar-refractivity contribution in [3.63, 3.8) is 0 Å². The highest BCUT2D eigenvalue weighted by Crippen LogP contribution is 2.64. The van der Waals surface area contributed by atoms with Crippen LogP contribution in [0, 0.1) is 17.8 Å². The molecule has 3 N–H and O–H groups in total. The van der Waals surface area contributed by atoms with Crippen molar-refractivity contribution in [3.05, 3.63) is 0 Å². The summed E-state index contributed by atoms with van der Waals surface area (Å²) < 4.78 is 6.67. The fourth-order valence-electron chi connectivity index (χ4n) is 6.55. The molecule has 3 aliphatic heterocycles. The second-order valence-electron chi connectivity index (χ2n) is 10.4. The van der Waals surface area contributed by atoms with Crippen molar-refractivity contribution < 1.29 is 24.2 Å². The Balaban J connectivity index is 2.08. The standard InChI is InChI=1S/C24H41N3O5/c1-7-9-15(5)26-21(30)19-24-11-10-23(8-2,32-24)17(20(29)25-6)18(24)22(31)27(19)16(13-28)12-14(3)4/h14-19,28H,7-13H2,1-6H3,(H,25,29)(H,26,30)/t15?,16-,17-,18+,19?,23+,24?/m1/s1. The highest BCUT2D eigenvalue weighted by atomic mass is 16.5. The molecular weight excluding hydrogens is 410 g/mol. The molecule has 3 unspecified atom stereocenters. The van der Waals surface area contributed by atoms with Gasteiger partial charge in [-0.15, -0.1) is 0 Å². The Labute approximate surface area is 191 Å². The van der Waals surface area contributed by atoms with Crippen molar-refractivity contribution in [3.8, 4) is 0 Å². The van der Waals surface area contributed by atoms with Gasteiger partial charge in [0.25, 0.3) is 0 Å². The molecule has 3 rings (SSSR count). The van der Waals surface area contributed by atoms with Crippen LogP contribution < -0.4 is 10.6 Å². The van der Waals surface area contributed by atoms with Crippen LogP contribution in [-0.2, 0) is 19.1 Å². The van der Waals surface area contributed by atoms with E-state index in [0.717, 1.165) is 12.8 Å². The quantitative estimate of drug-likeness (QED) is 0.468. The average molecular weight is 452 g/mol. The maximum atomic E-state index is 13.9. The van der Waals surface area contributed by atoms with Gasteiger partial charge in [-0.25, -0.2) is 0 Å². The maximum Gasteiger partial charge on any atom is 0.246 e. The van der Waals surface area contributed by atoms with Crippen LogP contribution in [-0.4, -0.2) is 70.7 Å². The van der Waals surface area contributed by atoms with E-state index in [1.165, 1.54) is 0 Å². The minimum Gasteiger partial charge on any atom is -0.394 e. The first kappa shape index (κ1) is 25.0. The number of nitrogens with one attached hydrogen (secondary N) is 2. The summed E-state index contributed by atoms with van der Waals surface area (Å²) in [5.74, 6) is -1.81. The van der Waals surface area contributed by atoms with Crippen LogP contribution >= 0.6 is 0 Å². The summed E-state index contributed by atoms with van der Waals surface area (Å²) >= 11 is 0. The van der Waals surface area contributed by atoms with E-state index in [9.17, 15) is 19.5 Å².